The van der Waals surface area contributed by atoms with Crippen LogP contribution in [0.3, 0.4) is 0 Å². The molecule has 0 aliphatic heterocycles. The number of aliphatic hydroxyl groups is 2. The lowest BCUT2D eigenvalue weighted by Gasteiger charge is -2.40. The molecule has 0 radical (unpaired) electrons. The van der Waals surface area contributed by atoms with Crippen LogP contribution in [-0.2, 0) is 9.22 Å². The third-order valence-electron chi connectivity index (χ3n) is 5.52. The fourth-order valence-electron chi connectivity index (χ4n) is 2.87. The third kappa shape index (κ3) is 4.65. The van der Waals surface area contributed by atoms with Crippen LogP contribution in [0.4, 0.5) is 0 Å². The van der Waals surface area contributed by atoms with E-state index in [1.54, 1.807) is 0 Å². The number of rotatable bonds is 6. The quantitative estimate of drug-likeness (QED) is 0.509. The van der Waals surface area contributed by atoms with E-state index in [4.69, 9.17) is 4.43 Å². The van der Waals surface area contributed by atoms with E-state index >= 15 is 0 Å². The van der Waals surface area contributed by atoms with Crippen LogP contribution in [0, 0.1) is 23.7 Å². The zero-order chi connectivity index (χ0) is 18.0. The van der Waals surface area contributed by atoms with E-state index in [0.717, 1.165) is 0 Å². The lowest BCUT2D eigenvalue weighted by atomic mass is 9.69. The molecule has 0 saturated heterocycles. The van der Waals surface area contributed by atoms with E-state index in [1.165, 1.54) is 0 Å². The predicted octanol–water partition coefficient (Wildman–Crippen LogP) is 2.50. The topological polar surface area (TPSA) is 87.0 Å². The summed E-state index contributed by atoms with van der Waals surface area (Å²) in [4.78, 5) is 11.5. The van der Waals surface area contributed by atoms with Gasteiger partial charge < -0.3 is 19.7 Å². The first-order valence-corrected chi connectivity index (χ1v) is 11.2. The van der Waals surface area contributed by atoms with Crippen LogP contribution in [0.25, 0.3) is 0 Å². The molecule has 0 aromatic rings. The van der Waals surface area contributed by atoms with E-state index in [0.29, 0.717) is 0 Å². The summed E-state index contributed by atoms with van der Waals surface area (Å²) < 4.78 is 6.05. The molecule has 1 aliphatic rings. The Morgan fingerprint density at radius 2 is 1.87 bits per heavy atom. The second-order valence-corrected chi connectivity index (χ2v) is 13.0. The third-order valence-corrected chi connectivity index (χ3v) is 10.0. The van der Waals surface area contributed by atoms with Gasteiger partial charge in [0.25, 0.3) is 0 Å². The van der Waals surface area contributed by atoms with Crippen molar-refractivity contribution in [2.24, 2.45) is 23.7 Å². The number of allylic oxidation sites excluding steroid dienone is 1. The molecule has 1 rings (SSSR count). The van der Waals surface area contributed by atoms with Crippen LogP contribution in [-0.4, -0.2) is 48.9 Å². The molecule has 0 aromatic carbocycles. The molecule has 6 heteroatoms. The highest BCUT2D eigenvalue weighted by atomic mass is 28.4. The molecule has 0 unspecified atom stereocenters. The molecule has 0 spiro atoms. The van der Waals surface area contributed by atoms with Crippen molar-refractivity contribution in [1.82, 2.24) is 0 Å². The monoisotopic (exact) mass is 344 g/mol. The first-order chi connectivity index (χ1) is 10.4. The zero-order valence-electron chi connectivity index (χ0n) is 15.1. The largest absolute Gasteiger partial charge is 0.481 e. The molecular weight excluding hydrogens is 312 g/mol. The zero-order valence-corrected chi connectivity index (χ0v) is 16.1. The molecule has 5 atom stereocenters. The minimum atomic E-state index is -1.98. The minimum Gasteiger partial charge on any atom is -0.481 e. The second-order valence-electron chi connectivity index (χ2n) is 8.17. The predicted molar refractivity (Wildman–Crippen MR) is 92.7 cm³/mol. The van der Waals surface area contributed by atoms with Crippen LogP contribution in [0.1, 0.15) is 27.7 Å². The summed E-state index contributed by atoms with van der Waals surface area (Å²) >= 11 is 0. The highest BCUT2D eigenvalue weighted by molar-refractivity contribution is 6.74. The van der Waals surface area contributed by atoms with Crippen LogP contribution >= 0.6 is 0 Å². The fraction of sp³-hybridized carbons (Fsp3) is 0.824. The Kier molecular flexibility index (Phi) is 6.61. The van der Waals surface area contributed by atoms with Crippen LogP contribution in [0.2, 0.25) is 18.1 Å². The van der Waals surface area contributed by atoms with E-state index in [9.17, 15) is 20.1 Å². The van der Waals surface area contributed by atoms with Gasteiger partial charge in [0.1, 0.15) is 0 Å². The number of aliphatic hydroxyl groups excluding tert-OH is 2. The van der Waals surface area contributed by atoms with Gasteiger partial charge in [-0.3, -0.25) is 4.79 Å². The lowest BCUT2D eigenvalue weighted by molar-refractivity contribution is -0.148. The first-order valence-electron chi connectivity index (χ1n) is 8.26. The standard InChI is InChI=1S/C17H32O5Si/c1-11-7-8-12(13(9-18)15(11)16(20)21)14(19)10-22-23(5,6)17(2,3)4/h7-8,11-15,18-19H,9-10H2,1-6H3,(H,20,21)/t11-,12-,13-,14-,15-/m1/s1. The van der Waals surface area contributed by atoms with Gasteiger partial charge in [-0.05, 0) is 24.1 Å². The molecular formula is C17H32O5Si. The number of carboxylic acids is 1. The van der Waals surface area contributed by atoms with Crippen molar-refractivity contribution in [3.8, 4) is 0 Å². The van der Waals surface area contributed by atoms with Gasteiger partial charge in [0.15, 0.2) is 8.32 Å². The number of hydrogen-bond donors (Lipinski definition) is 3. The van der Waals surface area contributed by atoms with Crippen molar-refractivity contribution < 1.29 is 24.5 Å². The van der Waals surface area contributed by atoms with Gasteiger partial charge in [-0.2, -0.15) is 0 Å². The number of hydrogen-bond acceptors (Lipinski definition) is 4. The maximum absolute atomic E-state index is 11.5. The van der Waals surface area contributed by atoms with Crippen molar-refractivity contribution in [2.75, 3.05) is 13.2 Å². The van der Waals surface area contributed by atoms with Gasteiger partial charge in [0, 0.05) is 18.4 Å². The van der Waals surface area contributed by atoms with Crippen molar-refractivity contribution in [3.05, 3.63) is 12.2 Å². The Bertz CT molecular complexity index is 441. The Morgan fingerprint density at radius 3 is 2.30 bits per heavy atom. The fourth-order valence-corrected chi connectivity index (χ4v) is 3.89. The second kappa shape index (κ2) is 7.47. The van der Waals surface area contributed by atoms with E-state index in [-0.39, 0.29) is 24.2 Å². The summed E-state index contributed by atoms with van der Waals surface area (Å²) in [6.07, 6.45) is 2.85. The van der Waals surface area contributed by atoms with Crippen LogP contribution in [0.15, 0.2) is 12.2 Å². The van der Waals surface area contributed by atoms with E-state index < -0.39 is 38.1 Å². The minimum absolute atomic E-state index is 0.0453. The molecule has 5 nitrogen and oxygen atoms in total. The van der Waals surface area contributed by atoms with Crippen LogP contribution < -0.4 is 0 Å². The van der Waals surface area contributed by atoms with Crippen molar-refractivity contribution in [1.29, 1.82) is 0 Å². The summed E-state index contributed by atoms with van der Waals surface area (Å²) in [5.74, 6) is -2.66. The number of carbonyl (C=O) groups is 1. The van der Waals surface area contributed by atoms with E-state index in [2.05, 4.69) is 33.9 Å². The highest BCUT2D eigenvalue weighted by Crippen LogP contribution is 2.39. The Labute approximate surface area is 140 Å². The molecule has 1 aliphatic carbocycles. The van der Waals surface area contributed by atoms with Gasteiger partial charge in [0.05, 0.1) is 18.6 Å². The smallest absolute Gasteiger partial charge is 0.307 e. The molecule has 0 bridgehead atoms. The molecule has 134 valence electrons. The van der Waals surface area contributed by atoms with Gasteiger partial charge >= 0.3 is 5.97 Å². The summed E-state index contributed by atoms with van der Waals surface area (Å²) in [5.41, 5.74) is 0. The summed E-state index contributed by atoms with van der Waals surface area (Å²) in [5, 5.41) is 29.7. The van der Waals surface area contributed by atoms with Crippen molar-refractivity contribution in [3.63, 3.8) is 0 Å². The molecule has 0 saturated carbocycles. The number of carboxylic acid groups (broad SMARTS) is 1. The Morgan fingerprint density at radius 1 is 1.30 bits per heavy atom. The summed E-state index contributed by atoms with van der Waals surface area (Å²) in [7, 11) is -1.98. The van der Waals surface area contributed by atoms with Gasteiger partial charge in [-0.15, -0.1) is 0 Å². The summed E-state index contributed by atoms with van der Waals surface area (Å²) in [6.45, 7) is 12.4. The Hall–Kier alpha value is -0.693. The SMILES string of the molecule is C[C@@H]1C=C[C@@H]([C@H](O)CO[Si](C)(C)C(C)(C)C)[C@@H](CO)[C@@H]1C(=O)O. The molecule has 0 amide bonds. The molecule has 23 heavy (non-hydrogen) atoms. The maximum atomic E-state index is 11.5. The molecule has 0 aromatic heterocycles. The summed E-state index contributed by atoms with van der Waals surface area (Å²) in [6, 6.07) is 0. The number of aliphatic carboxylic acids is 1. The van der Waals surface area contributed by atoms with Crippen molar-refractivity contribution >= 4 is 14.3 Å². The average Bonchev–Trinajstić information content (AvgIpc) is 2.42. The molecule has 3 N–H and O–H groups in total. The molecule has 0 fully saturated rings. The van der Waals surface area contributed by atoms with Gasteiger partial charge in [0.2, 0.25) is 0 Å². The lowest BCUT2D eigenvalue weighted by Crippen LogP contribution is -2.47. The van der Waals surface area contributed by atoms with E-state index in [1.807, 2.05) is 19.1 Å². The maximum Gasteiger partial charge on any atom is 0.307 e. The van der Waals surface area contributed by atoms with Gasteiger partial charge in [-0.25, -0.2) is 0 Å². The molecule has 0 heterocycles. The normalized spacial score (nSPS) is 30.3. The average molecular weight is 345 g/mol. The Balaban J connectivity index is 2.84. The van der Waals surface area contributed by atoms with Crippen molar-refractivity contribution in [2.45, 2.75) is 51.9 Å². The first kappa shape index (κ1) is 20.4. The highest BCUT2D eigenvalue weighted by Gasteiger charge is 2.43. The van der Waals surface area contributed by atoms with Crippen LogP contribution in [0.5, 0.6) is 0 Å². The van der Waals surface area contributed by atoms with Gasteiger partial charge in [-0.1, -0.05) is 39.8 Å².